The summed E-state index contributed by atoms with van der Waals surface area (Å²) in [5.74, 6) is -0.260. The van der Waals surface area contributed by atoms with Crippen LogP contribution >= 0.6 is 11.8 Å². The van der Waals surface area contributed by atoms with Crippen LogP contribution in [0, 0.1) is 5.82 Å². The number of thioether (sulfide) groups is 1. The van der Waals surface area contributed by atoms with Gasteiger partial charge < -0.3 is 5.32 Å². The molecule has 94 valence electrons. The van der Waals surface area contributed by atoms with Crippen LogP contribution in [0.2, 0.25) is 0 Å². The van der Waals surface area contributed by atoms with Crippen molar-refractivity contribution in [2.45, 2.75) is 43.5 Å². The van der Waals surface area contributed by atoms with Gasteiger partial charge in [-0.05, 0) is 37.7 Å². The second-order valence-corrected chi connectivity index (χ2v) is 5.71. The Bertz CT molecular complexity index is 372. The van der Waals surface area contributed by atoms with Crippen molar-refractivity contribution in [1.82, 2.24) is 10.3 Å². The monoisotopic (exact) mass is 254 g/mol. The molecule has 0 amide bonds. The quantitative estimate of drug-likeness (QED) is 0.893. The predicted octanol–water partition coefficient (Wildman–Crippen LogP) is 3.16. The summed E-state index contributed by atoms with van der Waals surface area (Å²) in [4.78, 5) is 3.90. The first kappa shape index (κ1) is 12.8. The second-order valence-electron chi connectivity index (χ2n) is 4.64. The molecule has 1 fully saturated rings. The molecular formula is C13H19FN2S. The molecule has 0 spiro atoms. The lowest BCUT2D eigenvalue weighted by atomic mass is 10.1. The maximum absolute atomic E-state index is 13.1. The Kier molecular flexibility index (Phi) is 4.40. The number of nitrogens with zero attached hydrogens (tertiary/aromatic N) is 1. The van der Waals surface area contributed by atoms with Crippen molar-refractivity contribution < 1.29 is 4.39 Å². The average Bonchev–Trinajstić information content (AvgIpc) is 2.76. The van der Waals surface area contributed by atoms with Gasteiger partial charge in [-0.2, -0.15) is 11.8 Å². The molecule has 0 bridgehead atoms. The van der Waals surface area contributed by atoms with E-state index in [4.69, 9.17) is 0 Å². The number of pyridine rings is 1. The molecule has 2 rings (SSSR count). The van der Waals surface area contributed by atoms with Crippen molar-refractivity contribution in [1.29, 1.82) is 0 Å². The van der Waals surface area contributed by atoms with Gasteiger partial charge in [0.1, 0.15) is 5.82 Å². The molecule has 0 saturated heterocycles. The number of rotatable bonds is 4. The fraction of sp³-hybridized carbons (Fsp3) is 0.615. The lowest BCUT2D eigenvalue weighted by molar-refractivity contribution is 0.464. The molecule has 1 aromatic rings. The summed E-state index contributed by atoms with van der Waals surface area (Å²) in [6, 6.07) is 2.27. The summed E-state index contributed by atoms with van der Waals surface area (Å²) in [5.41, 5.74) is 0.928. The summed E-state index contributed by atoms with van der Waals surface area (Å²) in [5, 5.41) is 4.29. The standard InChI is InChI=1S/C13H19FN2S/c1-9(10-6-11(14)8-15-7-10)16-12-4-3-5-13(12)17-2/h6-9,12-13,16H,3-5H2,1-2H3. The molecule has 1 N–H and O–H groups in total. The molecule has 3 unspecified atom stereocenters. The van der Waals surface area contributed by atoms with Crippen LogP contribution in [0.1, 0.15) is 37.8 Å². The second kappa shape index (κ2) is 5.83. The van der Waals surface area contributed by atoms with Crippen molar-refractivity contribution in [2.24, 2.45) is 0 Å². The van der Waals surface area contributed by atoms with Gasteiger partial charge in [0.25, 0.3) is 0 Å². The van der Waals surface area contributed by atoms with Gasteiger partial charge in [-0.15, -0.1) is 0 Å². The first-order valence-electron chi connectivity index (χ1n) is 6.10. The molecule has 1 heterocycles. The van der Waals surface area contributed by atoms with Crippen molar-refractivity contribution in [3.05, 3.63) is 29.8 Å². The average molecular weight is 254 g/mol. The van der Waals surface area contributed by atoms with Crippen molar-refractivity contribution >= 4 is 11.8 Å². The third kappa shape index (κ3) is 3.19. The van der Waals surface area contributed by atoms with Gasteiger partial charge >= 0.3 is 0 Å². The van der Waals surface area contributed by atoms with Crippen LogP contribution < -0.4 is 5.32 Å². The van der Waals surface area contributed by atoms with Crippen LogP contribution in [-0.2, 0) is 0 Å². The summed E-state index contributed by atoms with van der Waals surface area (Å²) in [7, 11) is 0. The van der Waals surface area contributed by atoms with E-state index < -0.39 is 0 Å². The number of halogens is 1. The van der Waals surface area contributed by atoms with Gasteiger partial charge in [-0.25, -0.2) is 4.39 Å². The zero-order valence-electron chi connectivity index (χ0n) is 10.3. The molecule has 17 heavy (non-hydrogen) atoms. The van der Waals surface area contributed by atoms with E-state index in [1.54, 1.807) is 12.3 Å². The smallest absolute Gasteiger partial charge is 0.141 e. The van der Waals surface area contributed by atoms with Crippen LogP contribution in [0.25, 0.3) is 0 Å². The highest BCUT2D eigenvalue weighted by Crippen LogP contribution is 2.30. The van der Waals surface area contributed by atoms with Gasteiger partial charge in [-0.1, -0.05) is 6.42 Å². The van der Waals surface area contributed by atoms with Crippen LogP contribution in [0.15, 0.2) is 18.5 Å². The van der Waals surface area contributed by atoms with Gasteiger partial charge in [0.05, 0.1) is 6.20 Å². The summed E-state index contributed by atoms with van der Waals surface area (Å²) >= 11 is 1.93. The first-order chi connectivity index (χ1) is 8.20. The molecule has 1 aliphatic rings. The number of nitrogens with one attached hydrogen (secondary N) is 1. The van der Waals surface area contributed by atoms with E-state index in [0.29, 0.717) is 11.3 Å². The van der Waals surface area contributed by atoms with Gasteiger partial charge in [0, 0.05) is 23.5 Å². The van der Waals surface area contributed by atoms with Gasteiger partial charge in [0.15, 0.2) is 0 Å². The molecule has 1 aliphatic carbocycles. The Morgan fingerprint density at radius 3 is 3.00 bits per heavy atom. The van der Waals surface area contributed by atoms with E-state index >= 15 is 0 Å². The van der Waals surface area contributed by atoms with E-state index in [2.05, 4.69) is 23.5 Å². The Morgan fingerprint density at radius 1 is 1.47 bits per heavy atom. The number of hydrogen-bond donors (Lipinski definition) is 1. The minimum absolute atomic E-state index is 0.163. The van der Waals surface area contributed by atoms with Crippen LogP contribution in [0.3, 0.4) is 0 Å². The van der Waals surface area contributed by atoms with Gasteiger partial charge in [0.2, 0.25) is 0 Å². The van der Waals surface area contributed by atoms with E-state index in [1.165, 1.54) is 25.5 Å². The molecule has 2 nitrogen and oxygen atoms in total. The molecular weight excluding hydrogens is 235 g/mol. The fourth-order valence-electron chi connectivity index (χ4n) is 2.48. The Labute approximate surface area is 106 Å². The molecule has 1 saturated carbocycles. The van der Waals surface area contributed by atoms with Crippen molar-refractivity contribution in [2.75, 3.05) is 6.26 Å². The van der Waals surface area contributed by atoms with Crippen molar-refractivity contribution in [3.63, 3.8) is 0 Å². The van der Waals surface area contributed by atoms with E-state index in [9.17, 15) is 4.39 Å². The molecule has 0 radical (unpaired) electrons. The van der Waals surface area contributed by atoms with E-state index in [-0.39, 0.29) is 11.9 Å². The lowest BCUT2D eigenvalue weighted by Gasteiger charge is -2.24. The SMILES string of the molecule is CSC1CCCC1NC(C)c1cncc(F)c1. The summed E-state index contributed by atoms with van der Waals surface area (Å²) in [6.07, 6.45) is 8.95. The third-order valence-corrected chi connectivity index (χ3v) is 4.62. The zero-order chi connectivity index (χ0) is 12.3. The predicted molar refractivity (Wildman–Crippen MR) is 70.7 cm³/mol. The highest BCUT2D eigenvalue weighted by Gasteiger charge is 2.27. The minimum atomic E-state index is -0.260. The highest BCUT2D eigenvalue weighted by molar-refractivity contribution is 7.99. The van der Waals surface area contributed by atoms with Crippen LogP contribution in [0.5, 0.6) is 0 Å². The number of hydrogen-bond acceptors (Lipinski definition) is 3. The van der Waals surface area contributed by atoms with Gasteiger partial charge in [-0.3, -0.25) is 4.98 Å². The largest absolute Gasteiger partial charge is 0.306 e. The van der Waals surface area contributed by atoms with Crippen LogP contribution in [-0.4, -0.2) is 22.5 Å². The fourth-order valence-corrected chi connectivity index (χ4v) is 3.43. The normalized spacial score (nSPS) is 26.1. The molecule has 0 aliphatic heterocycles. The first-order valence-corrected chi connectivity index (χ1v) is 7.39. The molecule has 3 atom stereocenters. The molecule has 0 aromatic carbocycles. The third-order valence-electron chi connectivity index (χ3n) is 3.45. The minimum Gasteiger partial charge on any atom is -0.306 e. The topological polar surface area (TPSA) is 24.9 Å². The zero-order valence-corrected chi connectivity index (χ0v) is 11.1. The Morgan fingerprint density at radius 2 is 2.29 bits per heavy atom. The van der Waals surface area contributed by atoms with Crippen molar-refractivity contribution in [3.8, 4) is 0 Å². The molecule has 1 aromatic heterocycles. The summed E-state index contributed by atoms with van der Waals surface area (Å²) < 4.78 is 13.1. The highest BCUT2D eigenvalue weighted by atomic mass is 32.2. The maximum Gasteiger partial charge on any atom is 0.141 e. The number of aromatic nitrogens is 1. The maximum atomic E-state index is 13.1. The Hall–Kier alpha value is -0.610. The van der Waals surface area contributed by atoms with E-state index in [1.807, 2.05) is 11.8 Å². The lowest BCUT2D eigenvalue weighted by Crippen LogP contribution is -2.35. The van der Waals surface area contributed by atoms with E-state index in [0.717, 1.165) is 5.56 Å². The molecule has 4 heteroatoms. The summed E-state index contributed by atoms with van der Waals surface area (Å²) in [6.45, 7) is 2.08. The van der Waals surface area contributed by atoms with Crippen LogP contribution in [0.4, 0.5) is 4.39 Å². The Balaban J connectivity index is 1.99.